The van der Waals surface area contributed by atoms with Crippen LogP contribution in [-0.4, -0.2) is 56.6 Å². The van der Waals surface area contributed by atoms with Gasteiger partial charge in [0.1, 0.15) is 11.9 Å². The van der Waals surface area contributed by atoms with Crippen LogP contribution in [-0.2, 0) is 32.5 Å². The first-order chi connectivity index (χ1) is 19.6. The standard InChI is InChI=1S/C31H37N5O4S/c1-22-12-14-27(15-13-22)41(39,40)35-28(20-24-9-5-10-25(19-24)29(32)33)31(38)36-18-6-11-26(21-36)30(37)34-17-16-23-7-3-2-4-8-23/h2-5,7-10,12-15,19,26,28,35H,6,11,16-18,20-21H2,1H3,(H3,32,33)(H,34,37). The van der Waals surface area contributed by atoms with Crippen molar-refractivity contribution >= 4 is 27.7 Å². The average Bonchev–Trinajstić information content (AvgIpc) is 2.97. The van der Waals surface area contributed by atoms with Gasteiger partial charge < -0.3 is 16.0 Å². The van der Waals surface area contributed by atoms with Crippen molar-refractivity contribution in [3.8, 4) is 0 Å². The number of aryl methyl sites for hydroxylation is 1. The van der Waals surface area contributed by atoms with E-state index in [-0.39, 0.29) is 35.5 Å². The molecule has 0 spiro atoms. The van der Waals surface area contributed by atoms with Gasteiger partial charge in [-0.3, -0.25) is 15.0 Å². The molecule has 1 saturated heterocycles. The first kappa shape index (κ1) is 30.0. The van der Waals surface area contributed by atoms with Crippen molar-refractivity contribution < 1.29 is 18.0 Å². The Balaban J connectivity index is 1.49. The number of hydrogen-bond donors (Lipinski definition) is 4. The highest BCUT2D eigenvalue weighted by atomic mass is 32.2. The van der Waals surface area contributed by atoms with E-state index in [1.165, 1.54) is 12.1 Å². The van der Waals surface area contributed by atoms with Crippen molar-refractivity contribution in [3.05, 3.63) is 101 Å². The number of carbonyl (C=O) groups is 2. The fourth-order valence-electron chi connectivity index (χ4n) is 4.98. The lowest BCUT2D eigenvalue weighted by Crippen LogP contribution is -2.53. The maximum absolute atomic E-state index is 13.9. The second-order valence-corrected chi connectivity index (χ2v) is 12.2. The lowest BCUT2D eigenvalue weighted by Gasteiger charge is -2.34. The molecule has 1 heterocycles. The summed E-state index contributed by atoms with van der Waals surface area (Å²) >= 11 is 0. The predicted octanol–water partition coefficient (Wildman–Crippen LogP) is 2.77. The monoisotopic (exact) mass is 575 g/mol. The number of nitrogens with one attached hydrogen (secondary N) is 3. The molecular weight excluding hydrogens is 538 g/mol. The number of sulfonamides is 1. The van der Waals surface area contributed by atoms with Gasteiger partial charge in [0.25, 0.3) is 0 Å². The molecule has 5 N–H and O–H groups in total. The second kappa shape index (κ2) is 13.6. The number of rotatable bonds is 11. The van der Waals surface area contributed by atoms with E-state index < -0.39 is 22.0 Å². The molecule has 2 atom stereocenters. The zero-order valence-electron chi connectivity index (χ0n) is 23.2. The molecule has 0 aliphatic carbocycles. The fraction of sp³-hybridized carbons (Fsp3) is 0.323. The molecule has 41 heavy (non-hydrogen) atoms. The van der Waals surface area contributed by atoms with Crippen LogP contribution in [0.3, 0.4) is 0 Å². The van der Waals surface area contributed by atoms with Gasteiger partial charge in [-0.05, 0) is 61.9 Å². The van der Waals surface area contributed by atoms with Gasteiger partial charge in [-0.15, -0.1) is 0 Å². The lowest BCUT2D eigenvalue weighted by atomic mass is 9.95. The number of nitrogens with zero attached hydrogens (tertiary/aromatic N) is 1. The van der Waals surface area contributed by atoms with Crippen molar-refractivity contribution in [2.24, 2.45) is 11.7 Å². The summed E-state index contributed by atoms with van der Waals surface area (Å²) in [5.41, 5.74) is 8.84. The van der Waals surface area contributed by atoms with Crippen LogP contribution in [0, 0.1) is 18.3 Å². The number of piperidine rings is 1. The highest BCUT2D eigenvalue weighted by molar-refractivity contribution is 7.89. The Morgan fingerprint density at radius 2 is 1.73 bits per heavy atom. The molecule has 2 unspecified atom stereocenters. The van der Waals surface area contributed by atoms with Crippen molar-refractivity contribution in [2.45, 2.75) is 43.5 Å². The van der Waals surface area contributed by atoms with Crippen molar-refractivity contribution in [2.75, 3.05) is 19.6 Å². The summed E-state index contributed by atoms with van der Waals surface area (Å²) in [7, 11) is -4.02. The SMILES string of the molecule is Cc1ccc(S(=O)(=O)NC(Cc2cccc(C(=N)N)c2)C(=O)N2CCCC(C(=O)NCCc3ccccc3)C2)cc1. The Hall–Kier alpha value is -4.02. The van der Waals surface area contributed by atoms with Crippen LogP contribution < -0.4 is 15.8 Å². The number of amides is 2. The largest absolute Gasteiger partial charge is 0.384 e. The zero-order valence-corrected chi connectivity index (χ0v) is 24.0. The molecule has 9 nitrogen and oxygen atoms in total. The van der Waals surface area contributed by atoms with Crippen molar-refractivity contribution in [1.29, 1.82) is 5.41 Å². The minimum atomic E-state index is -4.02. The van der Waals surface area contributed by atoms with Crippen LogP contribution in [0.2, 0.25) is 0 Å². The van der Waals surface area contributed by atoms with Crippen LogP contribution in [0.4, 0.5) is 0 Å². The molecule has 0 bridgehead atoms. The summed E-state index contributed by atoms with van der Waals surface area (Å²) in [4.78, 5) is 28.5. The van der Waals surface area contributed by atoms with Crippen LogP contribution in [0.15, 0.2) is 83.8 Å². The van der Waals surface area contributed by atoms with Crippen LogP contribution in [0.1, 0.15) is 35.1 Å². The molecule has 1 aliphatic rings. The molecule has 1 aliphatic heterocycles. The summed E-state index contributed by atoms with van der Waals surface area (Å²) < 4.78 is 29.2. The average molecular weight is 576 g/mol. The highest BCUT2D eigenvalue weighted by Gasteiger charge is 2.34. The normalized spacial score (nSPS) is 16.1. The molecule has 3 aromatic carbocycles. The Bertz CT molecular complexity index is 1480. The molecule has 10 heteroatoms. The third-order valence-corrected chi connectivity index (χ3v) is 8.75. The van der Waals surface area contributed by atoms with Gasteiger partial charge in [-0.1, -0.05) is 66.2 Å². The molecule has 0 aromatic heterocycles. The second-order valence-electron chi connectivity index (χ2n) is 10.5. The minimum absolute atomic E-state index is 0.0627. The van der Waals surface area contributed by atoms with E-state index >= 15 is 0 Å². The molecule has 3 aromatic rings. The number of nitrogen functional groups attached to an aromatic ring is 1. The van der Waals surface area contributed by atoms with E-state index in [2.05, 4.69) is 10.0 Å². The van der Waals surface area contributed by atoms with E-state index in [1.807, 2.05) is 37.3 Å². The predicted molar refractivity (Wildman–Crippen MR) is 159 cm³/mol. The van der Waals surface area contributed by atoms with Crippen LogP contribution in [0.5, 0.6) is 0 Å². The van der Waals surface area contributed by atoms with Gasteiger partial charge >= 0.3 is 0 Å². The molecule has 1 fully saturated rings. The lowest BCUT2D eigenvalue weighted by molar-refractivity contribution is -0.137. The maximum Gasteiger partial charge on any atom is 0.241 e. The third kappa shape index (κ3) is 8.25. The van der Waals surface area contributed by atoms with Gasteiger partial charge in [0, 0.05) is 25.2 Å². The maximum atomic E-state index is 13.9. The summed E-state index contributed by atoms with van der Waals surface area (Å²) in [6, 6.07) is 22.1. The summed E-state index contributed by atoms with van der Waals surface area (Å²) in [5.74, 6) is -0.994. The number of amidine groups is 1. The minimum Gasteiger partial charge on any atom is -0.384 e. The molecule has 2 amide bonds. The molecule has 0 saturated carbocycles. The first-order valence-electron chi connectivity index (χ1n) is 13.7. The van der Waals surface area contributed by atoms with E-state index in [4.69, 9.17) is 11.1 Å². The van der Waals surface area contributed by atoms with E-state index in [0.717, 1.165) is 11.1 Å². The van der Waals surface area contributed by atoms with Crippen LogP contribution in [0.25, 0.3) is 0 Å². The summed E-state index contributed by atoms with van der Waals surface area (Å²) in [6.45, 7) is 3.01. The molecule has 0 radical (unpaired) electrons. The number of likely N-dealkylation sites (tertiary alicyclic amines) is 1. The van der Waals surface area contributed by atoms with Crippen LogP contribution >= 0.6 is 0 Å². The quantitative estimate of drug-likeness (QED) is 0.205. The van der Waals surface area contributed by atoms with E-state index in [0.29, 0.717) is 43.5 Å². The molecule has 216 valence electrons. The third-order valence-electron chi connectivity index (χ3n) is 7.26. The number of nitrogens with two attached hydrogens (primary N) is 1. The van der Waals surface area contributed by atoms with E-state index in [9.17, 15) is 18.0 Å². The first-order valence-corrected chi connectivity index (χ1v) is 15.2. The highest BCUT2D eigenvalue weighted by Crippen LogP contribution is 2.20. The van der Waals surface area contributed by atoms with Gasteiger partial charge in [0.05, 0.1) is 10.8 Å². The molecular formula is C31H37N5O4S. The molecule has 4 rings (SSSR count). The Morgan fingerprint density at radius 3 is 2.44 bits per heavy atom. The van der Waals surface area contributed by atoms with Gasteiger partial charge in [0.2, 0.25) is 21.8 Å². The Kier molecular flexibility index (Phi) is 9.91. The van der Waals surface area contributed by atoms with E-state index in [1.54, 1.807) is 41.3 Å². The van der Waals surface area contributed by atoms with Gasteiger partial charge in [0.15, 0.2) is 0 Å². The van der Waals surface area contributed by atoms with Crippen molar-refractivity contribution in [1.82, 2.24) is 14.9 Å². The van der Waals surface area contributed by atoms with Crippen molar-refractivity contribution in [3.63, 3.8) is 0 Å². The topological polar surface area (TPSA) is 145 Å². The number of benzene rings is 3. The Morgan fingerprint density at radius 1 is 1.02 bits per heavy atom. The van der Waals surface area contributed by atoms with Gasteiger partial charge in [-0.25, -0.2) is 8.42 Å². The summed E-state index contributed by atoms with van der Waals surface area (Å²) in [5, 5.41) is 10.7. The van der Waals surface area contributed by atoms with Gasteiger partial charge in [-0.2, -0.15) is 4.72 Å². The zero-order chi connectivity index (χ0) is 29.4. The smallest absolute Gasteiger partial charge is 0.241 e. The Labute approximate surface area is 241 Å². The number of hydrogen-bond acceptors (Lipinski definition) is 5. The summed E-state index contributed by atoms with van der Waals surface area (Å²) in [6.07, 6.45) is 2.07. The number of carbonyl (C=O) groups excluding carboxylic acids is 2. The fourth-order valence-corrected chi connectivity index (χ4v) is 6.17.